The molecule has 0 saturated carbocycles. The minimum Gasteiger partial charge on any atom is -0.379 e. The molecule has 0 radical (unpaired) electrons. The highest BCUT2D eigenvalue weighted by molar-refractivity contribution is 5.96. The quantitative estimate of drug-likeness (QED) is 0.297. The number of halogens is 4. The largest absolute Gasteiger partial charge is 0.406 e. The summed E-state index contributed by atoms with van der Waals surface area (Å²) in [7, 11) is 1.79. The van der Waals surface area contributed by atoms with Gasteiger partial charge in [-0.05, 0) is 51.5 Å². The van der Waals surface area contributed by atoms with Crippen LogP contribution in [-0.2, 0) is 20.1 Å². The van der Waals surface area contributed by atoms with E-state index in [0.717, 1.165) is 4.57 Å². The predicted molar refractivity (Wildman–Crippen MR) is 146 cm³/mol. The summed E-state index contributed by atoms with van der Waals surface area (Å²) in [6, 6.07) is 7.66. The lowest BCUT2D eigenvalue weighted by molar-refractivity contribution is -0.139. The molecular weight excluding hydrogens is 542 g/mol. The highest BCUT2D eigenvalue weighted by Crippen LogP contribution is 2.35. The van der Waals surface area contributed by atoms with Crippen molar-refractivity contribution >= 4 is 22.5 Å². The van der Waals surface area contributed by atoms with Crippen molar-refractivity contribution in [3.05, 3.63) is 54.2 Å². The molecule has 220 valence electrons. The zero-order valence-electron chi connectivity index (χ0n) is 23.3. The zero-order valence-corrected chi connectivity index (χ0v) is 23.3. The molecule has 1 fully saturated rings. The number of piperidine rings is 1. The maximum Gasteiger partial charge on any atom is 0.406 e. The molecular formula is C28H33F4N7O2. The topological polar surface area (TPSA) is 93.2 Å². The van der Waals surface area contributed by atoms with Crippen molar-refractivity contribution in [3.63, 3.8) is 0 Å². The van der Waals surface area contributed by atoms with Crippen LogP contribution in [0, 0.1) is 0 Å². The summed E-state index contributed by atoms with van der Waals surface area (Å²) in [4.78, 5) is 18.7. The first kappa shape index (κ1) is 28.7. The molecule has 1 saturated heterocycles. The van der Waals surface area contributed by atoms with Gasteiger partial charge < -0.3 is 24.3 Å². The van der Waals surface area contributed by atoms with Crippen LogP contribution in [0.25, 0.3) is 22.4 Å². The van der Waals surface area contributed by atoms with Gasteiger partial charge >= 0.3 is 6.18 Å². The van der Waals surface area contributed by atoms with Crippen LogP contribution in [0.1, 0.15) is 43.4 Å². The molecule has 0 spiro atoms. The molecule has 0 bridgehead atoms. The summed E-state index contributed by atoms with van der Waals surface area (Å²) in [5, 5.41) is 10.3. The summed E-state index contributed by atoms with van der Waals surface area (Å²) >= 11 is 0. The molecule has 1 aliphatic heterocycles. The molecule has 0 aliphatic carbocycles. The minimum atomic E-state index is -4.52. The Hall–Kier alpha value is -3.87. The van der Waals surface area contributed by atoms with Gasteiger partial charge in [0.1, 0.15) is 12.7 Å². The number of carbonyl (C=O) groups is 1. The molecule has 4 aromatic rings. The number of aromatic nitrogens is 4. The zero-order chi connectivity index (χ0) is 29.5. The number of rotatable bonds is 7. The Balaban J connectivity index is 1.41. The van der Waals surface area contributed by atoms with Crippen LogP contribution < -0.4 is 10.6 Å². The van der Waals surface area contributed by atoms with E-state index >= 15 is 4.39 Å². The standard InChI is InChI=1S/C28H33F4N7O2/c1-27(2,3)38-11-9-21(19(29)15-38)34-20-6-5-7-22-18(20)12-23(39(22)16-28(30,31)32)25-35-24(41-36-25)13-33-26(40)17-8-10-37(4)14-17/h5-8,10,12,14,19,21,34H,9,11,13,15-16H2,1-4H3,(H,33,40)/t19-,21+/m0/s1. The third-order valence-corrected chi connectivity index (χ3v) is 7.31. The molecule has 1 aromatic carbocycles. The maximum atomic E-state index is 15.2. The van der Waals surface area contributed by atoms with E-state index in [1.54, 1.807) is 54.3 Å². The first-order valence-corrected chi connectivity index (χ1v) is 13.4. The van der Waals surface area contributed by atoms with E-state index < -0.39 is 24.9 Å². The third kappa shape index (κ3) is 6.39. The number of hydrogen-bond acceptors (Lipinski definition) is 6. The van der Waals surface area contributed by atoms with Crippen LogP contribution in [0.2, 0.25) is 0 Å². The number of carbonyl (C=O) groups excluding carboxylic acids is 1. The van der Waals surface area contributed by atoms with Gasteiger partial charge in [-0.2, -0.15) is 18.2 Å². The lowest BCUT2D eigenvalue weighted by Crippen LogP contribution is -2.54. The summed E-state index contributed by atoms with van der Waals surface area (Å²) in [6.45, 7) is 5.71. The number of anilines is 1. The number of amides is 1. The first-order valence-electron chi connectivity index (χ1n) is 13.4. The van der Waals surface area contributed by atoms with Crippen molar-refractivity contribution in [2.24, 2.45) is 7.05 Å². The van der Waals surface area contributed by atoms with Crippen molar-refractivity contribution < 1.29 is 26.9 Å². The number of nitrogens with one attached hydrogen (secondary N) is 2. The van der Waals surface area contributed by atoms with E-state index in [0.29, 0.717) is 35.1 Å². The Bertz CT molecular complexity index is 1530. The number of fused-ring (bicyclic) bond motifs is 1. The summed E-state index contributed by atoms with van der Waals surface area (Å²) in [5.41, 5.74) is 1.20. The van der Waals surface area contributed by atoms with Crippen molar-refractivity contribution in [1.82, 2.24) is 29.5 Å². The van der Waals surface area contributed by atoms with Gasteiger partial charge in [0, 0.05) is 49.1 Å². The van der Waals surface area contributed by atoms with Crippen molar-refractivity contribution in [1.29, 1.82) is 0 Å². The van der Waals surface area contributed by atoms with E-state index in [-0.39, 0.29) is 41.9 Å². The number of benzene rings is 1. The number of likely N-dealkylation sites (tertiary alicyclic amines) is 1. The van der Waals surface area contributed by atoms with Gasteiger partial charge in [0.2, 0.25) is 11.7 Å². The summed E-state index contributed by atoms with van der Waals surface area (Å²) in [6.07, 6.45) is -1.75. The van der Waals surface area contributed by atoms with Gasteiger partial charge in [0.15, 0.2) is 0 Å². The second-order valence-electron chi connectivity index (χ2n) is 11.4. The highest BCUT2D eigenvalue weighted by Gasteiger charge is 2.35. The van der Waals surface area contributed by atoms with Gasteiger partial charge in [-0.3, -0.25) is 9.69 Å². The molecule has 41 heavy (non-hydrogen) atoms. The fraction of sp³-hybridized carbons (Fsp3) is 0.464. The van der Waals surface area contributed by atoms with Gasteiger partial charge in [-0.1, -0.05) is 11.2 Å². The van der Waals surface area contributed by atoms with Crippen LogP contribution in [0.5, 0.6) is 0 Å². The fourth-order valence-corrected chi connectivity index (χ4v) is 5.15. The van der Waals surface area contributed by atoms with E-state index in [1.807, 2.05) is 20.8 Å². The van der Waals surface area contributed by atoms with Crippen LogP contribution in [0.3, 0.4) is 0 Å². The van der Waals surface area contributed by atoms with Gasteiger partial charge in [0.05, 0.1) is 29.4 Å². The molecule has 13 heteroatoms. The molecule has 5 rings (SSSR count). The van der Waals surface area contributed by atoms with Crippen LogP contribution in [-0.4, -0.2) is 67.1 Å². The Morgan fingerprint density at radius 1 is 1.20 bits per heavy atom. The highest BCUT2D eigenvalue weighted by atomic mass is 19.4. The SMILES string of the molecule is Cn1ccc(C(=O)NCc2nc(-c3cc4c(N[C@@H]5CCN(C(C)(C)C)C[C@@H]5F)cccc4n3CC(F)(F)F)no2)c1. The van der Waals surface area contributed by atoms with Crippen LogP contribution >= 0.6 is 0 Å². The van der Waals surface area contributed by atoms with E-state index in [1.165, 1.54) is 0 Å². The predicted octanol–water partition coefficient (Wildman–Crippen LogP) is 5.14. The number of aryl methyl sites for hydroxylation is 1. The van der Waals surface area contributed by atoms with Gasteiger partial charge in [0.25, 0.3) is 5.91 Å². The Kier molecular flexibility index (Phi) is 7.58. The minimum absolute atomic E-state index is 0.0392. The Morgan fingerprint density at radius 2 is 1.98 bits per heavy atom. The average molecular weight is 576 g/mol. The van der Waals surface area contributed by atoms with E-state index in [2.05, 4.69) is 25.7 Å². The molecule has 1 aliphatic rings. The molecule has 4 heterocycles. The maximum absolute atomic E-state index is 15.2. The average Bonchev–Trinajstić information content (AvgIpc) is 3.62. The lowest BCUT2D eigenvalue weighted by Gasteiger charge is -2.42. The summed E-state index contributed by atoms with van der Waals surface area (Å²) in [5.74, 6) is -0.369. The van der Waals surface area contributed by atoms with Crippen molar-refractivity contribution in [3.8, 4) is 11.5 Å². The second-order valence-corrected chi connectivity index (χ2v) is 11.4. The van der Waals surface area contributed by atoms with E-state index in [4.69, 9.17) is 4.52 Å². The molecule has 2 N–H and O–H groups in total. The van der Waals surface area contributed by atoms with Crippen LogP contribution in [0.4, 0.5) is 23.2 Å². The fourth-order valence-electron chi connectivity index (χ4n) is 5.15. The number of alkyl halides is 4. The molecule has 0 unspecified atom stereocenters. The Labute approximate surface area is 234 Å². The smallest absolute Gasteiger partial charge is 0.379 e. The molecule has 1 amide bonds. The van der Waals surface area contributed by atoms with Crippen molar-refractivity contribution in [2.45, 2.75) is 64.2 Å². The molecule has 3 aromatic heterocycles. The first-order chi connectivity index (χ1) is 19.3. The van der Waals surface area contributed by atoms with Gasteiger partial charge in [-0.15, -0.1) is 0 Å². The monoisotopic (exact) mass is 575 g/mol. The second kappa shape index (κ2) is 10.8. The number of hydrogen-bond donors (Lipinski definition) is 2. The lowest BCUT2D eigenvalue weighted by atomic mass is 9.96. The van der Waals surface area contributed by atoms with E-state index in [9.17, 15) is 18.0 Å². The third-order valence-electron chi connectivity index (χ3n) is 7.31. The van der Waals surface area contributed by atoms with Gasteiger partial charge in [-0.25, -0.2) is 4.39 Å². The Morgan fingerprint density at radius 3 is 2.63 bits per heavy atom. The normalized spacial score (nSPS) is 18.6. The number of nitrogens with zero attached hydrogens (tertiary/aromatic N) is 5. The summed E-state index contributed by atoms with van der Waals surface area (Å²) < 4.78 is 64.3. The molecule has 2 atom stereocenters. The van der Waals surface area contributed by atoms with Crippen molar-refractivity contribution in [2.75, 3.05) is 18.4 Å². The van der Waals surface area contributed by atoms with Crippen LogP contribution in [0.15, 0.2) is 47.2 Å². The molecule has 9 nitrogen and oxygen atoms in total.